The molecule has 1 fully saturated rings. The molecule has 0 amide bonds. The smallest absolute Gasteiger partial charge is 0.338 e. The van der Waals surface area contributed by atoms with Crippen LogP contribution in [-0.4, -0.2) is 51.1 Å². The molecule has 4 atom stereocenters. The Morgan fingerprint density at radius 1 is 1.38 bits per heavy atom. The first kappa shape index (κ1) is 17.8. The van der Waals surface area contributed by atoms with Crippen molar-refractivity contribution in [1.29, 1.82) is 0 Å². The molecule has 0 aliphatic carbocycles. The fourth-order valence-electron chi connectivity index (χ4n) is 2.51. The van der Waals surface area contributed by atoms with Crippen molar-refractivity contribution in [1.82, 2.24) is 0 Å². The fraction of sp³-hybridized carbons (Fsp3) is 0.467. The van der Waals surface area contributed by atoms with Crippen LogP contribution in [0.1, 0.15) is 17.3 Å². The normalized spacial score (nSPS) is 25.5. The minimum absolute atomic E-state index is 0.00962. The number of azide groups is 1. The van der Waals surface area contributed by atoms with Gasteiger partial charge in [-0.2, -0.15) is 0 Å². The number of hydrogen-bond acceptors (Lipinski definition) is 6. The molecule has 24 heavy (non-hydrogen) atoms. The highest BCUT2D eigenvalue weighted by atomic mass is 16.6. The standard InChI is InChI=1S/C15H16BN3O5/c1-9(20)23-13-11(7-18-19-17)12(24-14(13)16)8-22-15(21)10-5-3-2-4-6-10/h2-6,11-14H,7-8H2,1H3/t11-,12-,13-,14-/m1/s1. The molecule has 0 N–H and O–H groups in total. The van der Waals surface area contributed by atoms with Crippen LogP contribution in [0.15, 0.2) is 35.4 Å². The quantitative estimate of drug-likeness (QED) is 0.259. The van der Waals surface area contributed by atoms with Crippen LogP contribution in [0.4, 0.5) is 0 Å². The molecule has 1 aromatic rings. The summed E-state index contributed by atoms with van der Waals surface area (Å²) in [5.41, 5.74) is 8.91. The fourth-order valence-corrected chi connectivity index (χ4v) is 2.51. The molecule has 2 radical (unpaired) electrons. The lowest BCUT2D eigenvalue weighted by Gasteiger charge is -2.21. The van der Waals surface area contributed by atoms with Crippen molar-refractivity contribution in [2.24, 2.45) is 11.0 Å². The SMILES string of the molecule is [B][C@@H]1O[C@H](COC(=O)c2ccccc2)[C@@H](CN=[N+]=[N-])[C@H]1OC(C)=O. The van der Waals surface area contributed by atoms with E-state index in [2.05, 4.69) is 10.0 Å². The summed E-state index contributed by atoms with van der Waals surface area (Å²) in [6, 6.07) is 7.61. The minimum atomic E-state index is -0.881. The van der Waals surface area contributed by atoms with Crippen molar-refractivity contribution in [3.05, 3.63) is 46.3 Å². The number of carbonyl (C=O) groups excluding carboxylic acids is 2. The second-order valence-electron chi connectivity index (χ2n) is 5.25. The Kier molecular flexibility index (Phi) is 6.23. The first-order valence-electron chi connectivity index (χ1n) is 7.34. The predicted octanol–water partition coefficient (Wildman–Crippen LogP) is 1.59. The summed E-state index contributed by atoms with van der Waals surface area (Å²) in [5.74, 6) is -1.53. The molecule has 0 unspecified atom stereocenters. The molecule has 0 saturated carbocycles. The molecule has 0 aromatic heterocycles. The van der Waals surface area contributed by atoms with Gasteiger partial charge in [-0.25, -0.2) is 4.79 Å². The van der Waals surface area contributed by atoms with E-state index in [0.29, 0.717) is 5.56 Å². The monoisotopic (exact) mass is 329 g/mol. The van der Waals surface area contributed by atoms with Gasteiger partial charge in [-0.1, -0.05) is 23.3 Å². The highest BCUT2D eigenvalue weighted by molar-refractivity contribution is 6.11. The van der Waals surface area contributed by atoms with E-state index in [-0.39, 0.29) is 13.2 Å². The summed E-state index contributed by atoms with van der Waals surface area (Å²) in [7, 11) is 5.82. The van der Waals surface area contributed by atoms with Crippen molar-refractivity contribution in [2.45, 2.75) is 25.1 Å². The van der Waals surface area contributed by atoms with Gasteiger partial charge in [-0.05, 0) is 17.7 Å². The van der Waals surface area contributed by atoms with E-state index in [9.17, 15) is 9.59 Å². The lowest BCUT2D eigenvalue weighted by atomic mass is 9.87. The molecule has 1 aliphatic rings. The second kappa shape index (κ2) is 8.38. The van der Waals surface area contributed by atoms with Gasteiger partial charge in [0.05, 0.1) is 17.7 Å². The number of carbonyl (C=O) groups is 2. The lowest BCUT2D eigenvalue weighted by molar-refractivity contribution is -0.148. The van der Waals surface area contributed by atoms with Crippen LogP contribution in [-0.2, 0) is 19.0 Å². The van der Waals surface area contributed by atoms with E-state index in [1.165, 1.54) is 6.92 Å². The Morgan fingerprint density at radius 3 is 2.71 bits per heavy atom. The zero-order valence-electron chi connectivity index (χ0n) is 13.1. The molecule has 1 saturated heterocycles. The van der Waals surface area contributed by atoms with Gasteiger partial charge in [0.25, 0.3) is 0 Å². The molecule has 8 nitrogen and oxygen atoms in total. The first-order chi connectivity index (χ1) is 11.5. The van der Waals surface area contributed by atoms with Crippen LogP contribution < -0.4 is 0 Å². The van der Waals surface area contributed by atoms with E-state index < -0.39 is 36.1 Å². The number of esters is 2. The van der Waals surface area contributed by atoms with Crippen LogP contribution >= 0.6 is 0 Å². The molecule has 1 aromatic carbocycles. The van der Waals surface area contributed by atoms with Crippen molar-refractivity contribution < 1.29 is 23.8 Å². The third-order valence-corrected chi connectivity index (χ3v) is 3.60. The van der Waals surface area contributed by atoms with Crippen molar-refractivity contribution >= 4 is 19.8 Å². The van der Waals surface area contributed by atoms with Crippen LogP contribution in [0.5, 0.6) is 0 Å². The van der Waals surface area contributed by atoms with Gasteiger partial charge in [-0.15, -0.1) is 0 Å². The number of rotatable bonds is 6. The average Bonchev–Trinajstić information content (AvgIpc) is 2.86. The molecule has 0 bridgehead atoms. The van der Waals surface area contributed by atoms with E-state index >= 15 is 0 Å². The Hall–Kier alpha value is -2.51. The lowest BCUT2D eigenvalue weighted by Crippen LogP contribution is -2.35. The number of hydrogen-bond donors (Lipinski definition) is 0. The van der Waals surface area contributed by atoms with Crippen LogP contribution in [0, 0.1) is 5.92 Å². The van der Waals surface area contributed by atoms with Crippen LogP contribution in [0.3, 0.4) is 0 Å². The third kappa shape index (κ3) is 4.50. The summed E-state index contributed by atoms with van der Waals surface area (Å²) in [6.07, 6.45) is -1.41. The summed E-state index contributed by atoms with van der Waals surface area (Å²) in [6.45, 7) is 1.17. The van der Waals surface area contributed by atoms with Gasteiger partial charge in [0.15, 0.2) is 0 Å². The first-order valence-corrected chi connectivity index (χ1v) is 7.34. The average molecular weight is 329 g/mol. The summed E-state index contributed by atoms with van der Waals surface area (Å²) in [5, 5.41) is 3.49. The summed E-state index contributed by atoms with van der Waals surface area (Å²) < 4.78 is 15.9. The zero-order chi connectivity index (χ0) is 17.5. The highest BCUT2D eigenvalue weighted by Crippen LogP contribution is 2.29. The molecule has 1 aliphatic heterocycles. The van der Waals surface area contributed by atoms with Crippen LogP contribution in [0.25, 0.3) is 10.4 Å². The zero-order valence-corrected chi connectivity index (χ0v) is 13.1. The largest absolute Gasteiger partial charge is 0.460 e. The molecule has 1 heterocycles. The van der Waals surface area contributed by atoms with E-state index in [4.69, 9.17) is 27.6 Å². The van der Waals surface area contributed by atoms with Gasteiger partial charge in [0.2, 0.25) is 0 Å². The molecule has 2 rings (SSSR count). The van der Waals surface area contributed by atoms with Crippen molar-refractivity contribution in [3.63, 3.8) is 0 Å². The Bertz CT molecular complexity index is 635. The maximum absolute atomic E-state index is 12.0. The third-order valence-electron chi connectivity index (χ3n) is 3.60. The molecular weight excluding hydrogens is 313 g/mol. The van der Waals surface area contributed by atoms with Crippen LogP contribution in [0.2, 0.25) is 0 Å². The second-order valence-corrected chi connectivity index (χ2v) is 5.25. The molecule has 124 valence electrons. The maximum atomic E-state index is 12.0. The molecule has 9 heteroatoms. The highest BCUT2D eigenvalue weighted by Gasteiger charge is 2.44. The predicted molar refractivity (Wildman–Crippen MR) is 84.2 cm³/mol. The molecule has 0 spiro atoms. The minimum Gasteiger partial charge on any atom is -0.460 e. The van der Waals surface area contributed by atoms with E-state index in [0.717, 1.165) is 0 Å². The van der Waals surface area contributed by atoms with Gasteiger partial charge >= 0.3 is 11.9 Å². The van der Waals surface area contributed by atoms with E-state index in [1.807, 2.05) is 0 Å². The topological polar surface area (TPSA) is 111 Å². The Morgan fingerprint density at radius 2 is 2.08 bits per heavy atom. The molecular formula is C15H16BN3O5. The van der Waals surface area contributed by atoms with Gasteiger partial charge in [0.1, 0.15) is 20.6 Å². The van der Waals surface area contributed by atoms with Gasteiger partial charge < -0.3 is 14.2 Å². The Balaban J connectivity index is 2.02. The number of benzene rings is 1. The van der Waals surface area contributed by atoms with Crippen molar-refractivity contribution in [2.75, 3.05) is 13.2 Å². The summed E-state index contributed by atoms with van der Waals surface area (Å²) in [4.78, 5) is 25.9. The number of ether oxygens (including phenoxy) is 3. The Labute approximate surface area is 140 Å². The summed E-state index contributed by atoms with van der Waals surface area (Å²) >= 11 is 0. The van der Waals surface area contributed by atoms with Crippen molar-refractivity contribution in [3.8, 4) is 0 Å². The van der Waals surface area contributed by atoms with Gasteiger partial charge in [0, 0.05) is 24.3 Å². The number of nitrogens with zero attached hydrogens (tertiary/aromatic N) is 3. The van der Waals surface area contributed by atoms with E-state index in [1.54, 1.807) is 30.3 Å². The maximum Gasteiger partial charge on any atom is 0.338 e. The van der Waals surface area contributed by atoms with Gasteiger partial charge in [-0.3, -0.25) is 4.79 Å².